The van der Waals surface area contributed by atoms with Gasteiger partial charge in [0.25, 0.3) is 0 Å². The molecule has 34 heavy (non-hydrogen) atoms. The zero-order chi connectivity index (χ0) is 23.8. The fraction of sp³-hybridized carbons (Fsp3) is 0.308. The van der Waals surface area contributed by atoms with Crippen molar-refractivity contribution in [3.05, 3.63) is 86.8 Å². The average molecular weight is 498 g/mol. The van der Waals surface area contributed by atoms with Gasteiger partial charge in [0.2, 0.25) is 5.91 Å². The zero-order valence-corrected chi connectivity index (χ0v) is 20.6. The number of nitrogens with zero attached hydrogens (tertiary/aromatic N) is 2. The molecule has 0 bridgehead atoms. The number of nitrogens with one attached hydrogen (secondary N) is 1. The second-order valence-corrected chi connectivity index (χ2v) is 9.48. The number of carbonyl (C=O) groups is 1. The number of carbonyl (C=O) groups excluding carboxylic acids is 1. The molecule has 1 N–H and O–H groups in total. The third-order valence-electron chi connectivity index (χ3n) is 5.59. The lowest BCUT2D eigenvalue weighted by Crippen LogP contribution is -2.43. The molecule has 0 spiro atoms. The quantitative estimate of drug-likeness (QED) is 0.426. The first kappa shape index (κ1) is 24.4. The molecule has 6 nitrogen and oxygen atoms in total. The Labute approximate surface area is 209 Å². The molecule has 2 aromatic carbocycles. The molecule has 1 amide bonds. The number of hydrogen-bond acceptors (Lipinski definition) is 6. The number of aryl methyl sites for hydroxylation is 1. The number of ether oxygens (including phenoxy) is 2. The summed E-state index contributed by atoms with van der Waals surface area (Å²) in [6.07, 6.45) is 3.33. The molecule has 1 aliphatic rings. The van der Waals surface area contributed by atoms with Crippen LogP contribution in [0.15, 0.2) is 60.0 Å². The van der Waals surface area contributed by atoms with Crippen LogP contribution < -0.4 is 10.1 Å². The Hall–Kier alpha value is -2.71. The van der Waals surface area contributed by atoms with Gasteiger partial charge >= 0.3 is 0 Å². The van der Waals surface area contributed by atoms with Crippen molar-refractivity contribution < 1.29 is 14.3 Å². The summed E-state index contributed by atoms with van der Waals surface area (Å²) in [5.41, 5.74) is 2.86. The standard InChI is InChI=1S/C26H28ClN3O3S/c1-19-29-23(18-34-19)17-33-25-5-3-2-4-21(25)8-11-26(31)28-16-24(30-12-14-32-15-13-30)20-6-9-22(27)10-7-20/h2-11,18,24H,12-17H2,1H3,(H,28,31)/b11-8+. The predicted octanol–water partition coefficient (Wildman–Crippen LogP) is 4.89. The van der Waals surface area contributed by atoms with Crippen LogP contribution in [-0.2, 0) is 16.1 Å². The van der Waals surface area contributed by atoms with E-state index < -0.39 is 0 Å². The van der Waals surface area contributed by atoms with E-state index in [0.717, 1.165) is 34.9 Å². The maximum atomic E-state index is 12.7. The van der Waals surface area contributed by atoms with Gasteiger partial charge in [0.15, 0.2) is 0 Å². The van der Waals surface area contributed by atoms with E-state index in [-0.39, 0.29) is 11.9 Å². The fourth-order valence-corrected chi connectivity index (χ4v) is 4.55. The van der Waals surface area contributed by atoms with Crippen molar-refractivity contribution in [2.24, 2.45) is 0 Å². The number of morpholine rings is 1. The molecule has 1 unspecified atom stereocenters. The molecular formula is C26H28ClN3O3S. The molecule has 3 aromatic rings. The Morgan fingerprint density at radius 2 is 2.00 bits per heavy atom. The van der Waals surface area contributed by atoms with E-state index in [4.69, 9.17) is 21.1 Å². The van der Waals surface area contributed by atoms with E-state index >= 15 is 0 Å². The number of halogens is 1. The number of thiazole rings is 1. The fourth-order valence-electron chi connectivity index (χ4n) is 3.83. The summed E-state index contributed by atoms with van der Waals surface area (Å²) in [5, 5.41) is 6.75. The molecule has 1 atom stereocenters. The van der Waals surface area contributed by atoms with Crippen molar-refractivity contribution in [2.75, 3.05) is 32.8 Å². The molecule has 0 aliphatic carbocycles. The highest BCUT2D eigenvalue weighted by molar-refractivity contribution is 7.09. The van der Waals surface area contributed by atoms with Gasteiger partial charge in [0.1, 0.15) is 12.4 Å². The van der Waals surface area contributed by atoms with Gasteiger partial charge in [-0.2, -0.15) is 0 Å². The number of para-hydroxylation sites is 1. The topological polar surface area (TPSA) is 63.7 Å². The molecule has 2 heterocycles. The van der Waals surface area contributed by atoms with Gasteiger partial charge < -0.3 is 14.8 Å². The SMILES string of the molecule is Cc1nc(COc2ccccc2/C=C/C(=O)NCC(c2ccc(Cl)cc2)N2CCOCC2)cs1. The predicted molar refractivity (Wildman–Crippen MR) is 136 cm³/mol. The van der Waals surface area contributed by atoms with Gasteiger partial charge in [-0.1, -0.05) is 41.9 Å². The summed E-state index contributed by atoms with van der Waals surface area (Å²) < 4.78 is 11.4. The van der Waals surface area contributed by atoms with Gasteiger partial charge in [0.05, 0.1) is 30.0 Å². The van der Waals surface area contributed by atoms with Crippen molar-refractivity contribution in [2.45, 2.75) is 19.6 Å². The van der Waals surface area contributed by atoms with Crippen molar-refractivity contribution in [1.29, 1.82) is 0 Å². The number of hydrogen-bond donors (Lipinski definition) is 1. The van der Waals surface area contributed by atoms with E-state index in [1.54, 1.807) is 23.5 Å². The average Bonchev–Trinajstić information content (AvgIpc) is 3.29. The Morgan fingerprint density at radius 1 is 1.24 bits per heavy atom. The minimum atomic E-state index is -0.155. The van der Waals surface area contributed by atoms with Crippen LogP contribution in [0.4, 0.5) is 0 Å². The minimum Gasteiger partial charge on any atom is -0.487 e. The lowest BCUT2D eigenvalue weighted by Gasteiger charge is -2.34. The first-order chi connectivity index (χ1) is 16.6. The maximum Gasteiger partial charge on any atom is 0.244 e. The highest BCUT2D eigenvalue weighted by Crippen LogP contribution is 2.24. The van der Waals surface area contributed by atoms with Crippen molar-refractivity contribution >= 4 is 34.9 Å². The largest absolute Gasteiger partial charge is 0.487 e. The summed E-state index contributed by atoms with van der Waals surface area (Å²) in [5.74, 6) is 0.557. The summed E-state index contributed by atoms with van der Waals surface area (Å²) in [7, 11) is 0. The molecule has 8 heteroatoms. The summed E-state index contributed by atoms with van der Waals surface area (Å²) >= 11 is 7.67. The number of rotatable bonds is 9. The van der Waals surface area contributed by atoms with Gasteiger partial charge in [-0.25, -0.2) is 4.98 Å². The summed E-state index contributed by atoms with van der Waals surface area (Å²) in [6, 6.07) is 15.5. The van der Waals surface area contributed by atoms with Crippen molar-refractivity contribution in [1.82, 2.24) is 15.2 Å². The molecule has 1 aliphatic heterocycles. The van der Waals surface area contributed by atoms with Crippen molar-refractivity contribution in [3.8, 4) is 5.75 Å². The van der Waals surface area contributed by atoms with E-state index in [1.807, 2.05) is 60.8 Å². The van der Waals surface area contributed by atoms with E-state index in [2.05, 4.69) is 15.2 Å². The third-order valence-corrected chi connectivity index (χ3v) is 6.66. The Bertz CT molecular complexity index is 1110. The van der Waals surface area contributed by atoms with Crippen LogP contribution in [0.25, 0.3) is 6.08 Å². The van der Waals surface area contributed by atoms with Crippen LogP contribution in [0.5, 0.6) is 5.75 Å². The second-order valence-electron chi connectivity index (χ2n) is 7.98. The van der Waals surface area contributed by atoms with Crippen LogP contribution in [0, 0.1) is 6.92 Å². The molecule has 4 rings (SSSR count). The lowest BCUT2D eigenvalue weighted by atomic mass is 10.0. The Balaban J connectivity index is 1.38. The normalized spacial score (nSPS) is 15.4. The molecule has 1 fully saturated rings. The highest BCUT2D eigenvalue weighted by Gasteiger charge is 2.23. The zero-order valence-electron chi connectivity index (χ0n) is 19.1. The van der Waals surface area contributed by atoms with Crippen LogP contribution >= 0.6 is 22.9 Å². The Morgan fingerprint density at radius 3 is 2.74 bits per heavy atom. The lowest BCUT2D eigenvalue weighted by molar-refractivity contribution is -0.116. The second kappa shape index (κ2) is 12.1. The Kier molecular flexibility index (Phi) is 8.71. The molecular weight excluding hydrogens is 470 g/mol. The number of amides is 1. The number of aromatic nitrogens is 1. The molecule has 0 saturated carbocycles. The van der Waals surface area contributed by atoms with Gasteiger partial charge in [-0.05, 0) is 36.8 Å². The van der Waals surface area contributed by atoms with Crippen LogP contribution in [0.1, 0.15) is 27.9 Å². The van der Waals surface area contributed by atoms with Crippen LogP contribution in [0.3, 0.4) is 0 Å². The molecule has 0 radical (unpaired) electrons. The highest BCUT2D eigenvalue weighted by atomic mass is 35.5. The van der Waals surface area contributed by atoms with E-state index in [0.29, 0.717) is 37.1 Å². The van der Waals surface area contributed by atoms with Crippen molar-refractivity contribution in [3.63, 3.8) is 0 Å². The van der Waals surface area contributed by atoms with Gasteiger partial charge in [-0.15, -0.1) is 11.3 Å². The smallest absolute Gasteiger partial charge is 0.244 e. The monoisotopic (exact) mass is 497 g/mol. The maximum absolute atomic E-state index is 12.7. The molecule has 178 valence electrons. The summed E-state index contributed by atoms with van der Waals surface area (Å²) in [4.78, 5) is 19.4. The minimum absolute atomic E-state index is 0.0516. The molecule has 1 saturated heterocycles. The van der Waals surface area contributed by atoms with Crippen LogP contribution in [0.2, 0.25) is 5.02 Å². The van der Waals surface area contributed by atoms with E-state index in [9.17, 15) is 4.79 Å². The van der Waals surface area contributed by atoms with Gasteiger partial charge in [0, 0.05) is 41.7 Å². The van der Waals surface area contributed by atoms with Crippen LogP contribution in [-0.4, -0.2) is 48.6 Å². The first-order valence-electron chi connectivity index (χ1n) is 11.2. The summed E-state index contributed by atoms with van der Waals surface area (Å²) in [6.45, 7) is 5.88. The van der Waals surface area contributed by atoms with E-state index in [1.165, 1.54) is 0 Å². The first-order valence-corrected chi connectivity index (χ1v) is 12.5. The molecule has 1 aromatic heterocycles. The third kappa shape index (κ3) is 6.90. The van der Waals surface area contributed by atoms with Gasteiger partial charge in [-0.3, -0.25) is 9.69 Å². The number of benzene rings is 2.